The summed E-state index contributed by atoms with van der Waals surface area (Å²) in [5.41, 5.74) is 4.63. The number of H-pyrrole nitrogens is 2. The van der Waals surface area contributed by atoms with Gasteiger partial charge in [-0.15, -0.1) is 0 Å². The van der Waals surface area contributed by atoms with E-state index in [-0.39, 0.29) is 5.91 Å². The van der Waals surface area contributed by atoms with E-state index in [2.05, 4.69) is 21.2 Å². The highest BCUT2D eigenvalue weighted by molar-refractivity contribution is 5.93. The Balaban J connectivity index is 1.48. The van der Waals surface area contributed by atoms with Gasteiger partial charge in [0.05, 0.1) is 13.7 Å². The number of aromatic nitrogens is 3. The van der Waals surface area contributed by atoms with E-state index in [1.807, 2.05) is 59.6 Å². The number of nitrogens with zero attached hydrogens (tertiary/aromatic N) is 2. The average Bonchev–Trinajstić information content (AvgIpc) is 3.37. The summed E-state index contributed by atoms with van der Waals surface area (Å²) in [6.45, 7) is 0.917. The first-order valence-electron chi connectivity index (χ1n) is 10.2. The van der Waals surface area contributed by atoms with Crippen LogP contribution < -0.4 is 4.74 Å². The number of benzene rings is 2. The van der Waals surface area contributed by atoms with Crippen LogP contribution in [0.2, 0.25) is 0 Å². The van der Waals surface area contributed by atoms with Crippen LogP contribution in [0.25, 0.3) is 10.9 Å². The Morgan fingerprint density at radius 2 is 1.87 bits per heavy atom. The Morgan fingerprint density at radius 3 is 2.70 bits per heavy atom. The fraction of sp³-hybridized carbons (Fsp3) is 0.250. The first kappa shape index (κ1) is 18.5. The van der Waals surface area contributed by atoms with Crippen molar-refractivity contribution in [3.05, 3.63) is 83.3 Å². The van der Waals surface area contributed by atoms with Gasteiger partial charge in [-0.05, 0) is 36.6 Å². The summed E-state index contributed by atoms with van der Waals surface area (Å²) >= 11 is 0. The molecule has 2 aromatic carbocycles. The summed E-state index contributed by atoms with van der Waals surface area (Å²) in [5.74, 6) is 1.21. The molecule has 0 atom stereocenters. The second-order valence-electron chi connectivity index (χ2n) is 7.82. The van der Waals surface area contributed by atoms with Crippen LogP contribution in [0.5, 0.6) is 5.75 Å². The molecular formula is C24H24N4O2. The molecule has 1 aliphatic carbocycles. The van der Waals surface area contributed by atoms with Crippen LogP contribution in [0, 0.1) is 0 Å². The van der Waals surface area contributed by atoms with Crippen molar-refractivity contribution < 1.29 is 9.53 Å². The molecule has 1 amide bonds. The van der Waals surface area contributed by atoms with Crippen molar-refractivity contribution in [2.45, 2.75) is 31.8 Å². The summed E-state index contributed by atoms with van der Waals surface area (Å²) in [7, 11) is 1.65. The van der Waals surface area contributed by atoms with E-state index in [0.29, 0.717) is 24.7 Å². The third-order valence-corrected chi connectivity index (χ3v) is 5.71. The lowest BCUT2D eigenvalue weighted by atomic mass is 10.1. The van der Waals surface area contributed by atoms with Gasteiger partial charge in [0.25, 0.3) is 5.91 Å². The van der Waals surface area contributed by atoms with Crippen molar-refractivity contribution >= 4 is 16.8 Å². The maximum absolute atomic E-state index is 13.5. The molecular weight excluding hydrogens is 376 g/mol. The zero-order valence-electron chi connectivity index (χ0n) is 16.9. The van der Waals surface area contributed by atoms with Crippen molar-refractivity contribution in [2.24, 2.45) is 0 Å². The summed E-state index contributed by atoms with van der Waals surface area (Å²) in [5, 5.41) is 8.49. The molecule has 4 aromatic rings. The Morgan fingerprint density at radius 1 is 1.10 bits per heavy atom. The highest BCUT2D eigenvalue weighted by Gasteiger charge is 2.28. The van der Waals surface area contributed by atoms with Crippen LogP contribution in [0.15, 0.2) is 60.8 Å². The number of carbonyl (C=O) groups excluding carboxylic acids is 1. The maximum atomic E-state index is 13.5. The normalized spacial score (nSPS) is 13.5. The van der Waals surface area contributed by atoms with Gasteiger partial charge in [-0.3, -0.25) is 9.89 Å². The van der Waals surface area contributed by atoms with Gasteiger partial charge < -0.3 is 14.6 Å². The van der Waals surface area contributed by atoms with Gasteiger partial charge in [0.15, 0.2) is 0 Å². The second-order valence-corrected chi connectivity index (χ2v) is 7.82. The zero-order valence-corrected chi connectivity index (χ0v) is 16.9. The van der Waals surface area contributed by atoms with Gasteiger partial charge in [0.1, 0.15) is 11.4 Å². The standard InChI is InChI=1S/C24H24N4O2/c1-30-23-9-5-2-6-17(23)14-28(15-18-13-25-20-8-4-3-7-19(18)20)24(29)22-12-21(26-27-22)16-10-11-16/h2-9,12-13,16,25H,10-11,14-15H2,1H3,(H,26,27). The van der Waals surface area contributed by atoms with Gasteiger partial charge in [-0.25, -0.2) is 0 Å². The lowest BCUT2D eigenvalue weighted by Crippen LogP contribution is -2.30. The van der Waals surface area contributed by atoms with E-state index in [1.54, 1.807) is 7.11 Å². The van der Waals surface area contributed by atoms with Gasteiger partial charge >= 0.3 is 0 Å². The monoisotopic (exact) mass is 400 g/mol. The zero-order chi connectivity index (χ0) is 20.5. The number of aromatic amines is 2. The number of hydrogen-bond donors (Lipinski definition) is 2. The predicted molar refractivity (Wildman–Crippen MR) is 115 cm³/mol. The Kier molecular flexibility index (Phi) is 4.75. The van der Waals surface area contributed by atoms with E-state index in [9.17, 15) is 4.79 Å². The highest BCUT2D eigenvalue weighted by Crippen LogP contribution is 2.39. The molecule has 1 aliphatic rings. The summed E-state index contributed by atoms with van der Waals surface area (Å²) < 4.78 is 5.52. The topological polar surface area (TPSA) is 74.0 Å². The fourth-order valence-corrected chi connectivity index (χ4v) is 3.92. The van der Waals surface area contributed by atoms with E-state index < -0.39 is 0 Å². The number of ether oxygens (including phenoxy) is 1. The van der Waals surface area contributed by atoms with Crippen molar-refractivity contribution in [3.63, 3.8) is 0 Å². The highest BCUT2D eigenvalue weighted by atomic mass is 16.5. The second kappa shape index (κ2) is 7.71. The van der Waals surface area contributed by atoms with Gasteiger partial charge in [-0.2, -0.15) is 5.10 Å². The molecule has 6 heteroatoms. The number of nitrogens with one attached hydrogen (secondary N) is 2. The van der Waals surface area contributed by atoms with Gasteiger partial charge in [0.2, 0.25) is 0 Å². The molecule has 5 rings (SSSR count). The minimum absolute atomic E-state index is 0.0886. The van der Waals surface area contributed by atoms with Crippen LogP contribution in [-0.2, 0) is 13.1 Å². The van der Waals surface area contributed by atoms with Gasteiger partial charge in [-0.1, -0.05) is 36.4 Å². The number of hydrogen-bond acceptors (Lipinski definition) is 3. The molecule has 2 aromatic heterocycles. The number of methoxy groups -OCH3 is 1. The van der Waals surface area contributed by atoms with Crippen LogP contribution in [0.1, 0.15) is 46.1 Å². The molecule has 152 valence electrons. The molecule has 2 N–H and O–H groups in total. The molecule has 0 bridgehead atoms. The van der Waals surface area contributed by atoms with E-state index in [1.165, 1.54) is 0 Å². The molecule has 30 heavy (non-hydrogen) atoms. The van der Waals surface area contributed by atoms with Crippen molar-refractivity contribution in [2.75, 3.05) is 7.11 Å². The van der Waals surface area contributed by atoms with Crippen LogP contribution >= 0.6 is 0 Å². The lowest BCUT2D eigenvalue weighted by Gasteiger charge is -2.23. The summed E-state index contributed by atoms with van der Waals surface area (Å²) in [6, 6.07) is 17.9. The number of amides is 1. The van der Waals surface area contributed by atoms with Gasteiger partial charge in [0, 0.05) is 40.8 Å². The molecule has 0 aliphatic heterocycles. The van der Waals surface area contributed by atoms with Crippen LogP contribution in [0.3, 0.4) is 0 Å². The average molecular weight is 400 g/mol. The minimum Gasteiger partial charge on any atom is -0.496 e. The Hall–Kier alpha value is -3.54. The third-order valence-electron chi connectivity index (χ3n) is 5.71. The molecule has 2 heterocycles. The Labute approximate surface area is 174 Å². The quantitative estimate of drug-likeness (QED) is 0.475. The first-order chi connectivity index (χ1) is 14.7. The summed E-state index contributed by atoms with van der Waals surface area (Å²) in [6.07, 6.45) is 4.31. The first-order valence-corrected chi connectivity index (χ1v) is 10.2. The molecule has 6 nitrogen and oxygen atoms in total. The van der Waals surface area contributed by atoms with E-state index in [0.717, 1.165) is 46.3 Å². The maximum Gasteiger partial charge on any atom is 0.274 e. The van der Waals surface area contributed by atoms with Crippen LogP contribution in [-0.4, -0.2) is 33.1 Å². The predicted octanol–water partition coefficient (Wildman–Crippen LogP) is 4.62. The number of carbonyl (C=O) groups is 1. The van der Waals surface area contributed by atoms with E-state index in [4.69, 9.17) is 4.74 Å². The molecule has 0 spiro atoms. The number of rotatable bonds is 7. The smallest absolute Gasteiger partial charge is 0.274 e. The largest absolute Gasteiger partial charge is 0.496 e. The van der Waals surface area contributed by atoms with E-state index >= 15 is 0 Å². The fourth-order valence-electron chi connectivity index (χ4n) is 3.92. The molecule has 0 radical (unpaired) electrons. The lowest BCUT2D eigenvalue weighted by molar-refractivity contribution is 0.0723. The minimum atomic E-state index is -0.0886. The number of para-hydroxylation sites is 2. The van der Waals surface area contributed by atoms with Crippen LogP contribution in [0.4, 0.5) is 0 Å². The number of fused-ring (bicyclic) bond motifs is 1. The molecule has 0 unspecified atom stereocenters. The molecule has 0 saturated heterocycles. The third kappa shape index (κ3) is 3.56. The summed E-state index contributed by atoms with van der Waals surface area (Å²) in [4.78, 5) is 18.6. The molecule has 1 fully saturated rings. The van der Waals surface area contributed by atoms with Crippen molar-refractivity contribution in [1.82, 2.24) is 20.1 Å². The molecule has 1 saturated carbocycles. The van der Waals surface area contributed by atoms with Crippen molar-refractivity contribution in [3.8, 4) is 5.75 Å². The Bertz CT molecular complexity index is 1190. The van der Waals surface area contributed by atoms with Crippen molar-refractivity contribution in [1.29, 1.82) is 0 Å². The SMILES string of the molecule is COc1ccccc1CN(Cc1c[nH]c2ccccc12)C(=O)c1cc(C2CC2)[nH]n1.